The first-order valence-corrected chi connectivity index (χ1v) is 11.6. The molecule has 31 heavy (non-hydrogen) atoms. The molecule has 0 aliphatic rings. The molecule has 0 aliphatic carbocycles. The average molecular weight is 496 g/mol. The van der Waals surface area contributed by atoms with Crippen LogP contribution in [0.25, 0.3) is 0 Å². The smallest absolute Gasteiger partial charge is 0.291 e. The Morgan fingerprint density at radius 2 is 2.06 bits per heavy atom. The van der Waals surface area contributed by atoms with Crippen LogP contribution in [-0.2, 0) is 6.42 Å². The van der Waals surface area contributed by atoms with Gasteiger partial charge in [-0.05, 0) is 66.9 Å². The van der Waals surface area contributed by atoms with E-state index in [1.165, 1.54) is 11.1 Å². The van der Waals surface area contributed by atoms with Crippen molar-refractivity contribution in [3.8, 4) is 0 Å². The highest BCUT2D eigenvalue weighted by atomic mass is 79.9. The minimum atomic E-state index is -0.266. The van der Waals surface area contributed by atoms with Gasteiger partial charge < -0.3 is 15.1 Å². The van der Waals surface area contributed by atoms with Crippen LogP contribution >= 0.6 is 27.3 Å². The molecule has 1 unspecified atom stereocenters. The van der Waals surface area contributed by atoms with Gasteiger partial charge in [0.1, 0.15) is 10.8 Å². The van der Waals surface area contributed by atoms with Crippen LogP contribution in [0.4, 0.5) is 10.8 Å². The predicted molar refractivity (Wildman–Crippen MR) is 129 cm³/mol. The van der Waals surface area contributed by atoms with E-state index in [2.05, 4.69) is 56.7 Å². The second-order valence-corrected chi connectivity index (χ2v) is 9.19. The molecule has 0 bridgehead atoms. The molecule has 5 nitrogen and oxygen atoms in total. The Balaban J connectivity index is 1.76. The first kappa shape index (κ1) is 21.3. The van der Waals surface area contributed by atoms with Crippen molar-refractivity contribution in [1.82, 2.24) is 4.98 Å². The van der Waals surface area contributed by atoms with Crippen molar-refractivity contribution < 1.29 is 9.21 Å². The number of carbonyl (C=O) groups excluding carboxylic acids is 1. The molecular weight excluding hydrogens is 474 g/mol. The van der Waals surface area contributed by atoms with Crippen LogP contribution in [0.3, 0.4) is 0 Å². The minimum Gasteiger partial charge on any atom is -0.459 e. The van der Waals surface area contributed by atoms with Gasteiger partial charge in [0.15, 0.2) is 5.76 Å². The second-order valence-electron chi connectivity index (χ2n) is 7.13. The molecular formula is C24H22BrN3O2S. The lowest BCUT2D eigenvalue weighted by Gasteiger charge is -2.21. The van der Waals surface area contributed by atoms with Crippen molar-refractivity contribution in [1.29, 1.82) is 0 Å². The molecule has 4 aromatic rings. The van der Waals surface area contributed by atoms with E-state index in [0.717, 1.165) is 38.4 Å². The number of benzene rings is 1. The molecule has 1 aromatic carbocycles. The Morgan fingerprint density at radius 1 is 1.19 bits per heavy atom. The van der Waals surface area contributed by atoms with E-state index in [1.807, 2.05) is 31.2 Å². The minimum absolute atomic E-state index is 0.199. The summed E-state index contributed by atoms with van der Waals surface area (Å²) in [7, 11) is 0. The number of furan rings is 1. The van der Waals surface area contributed by atoms with Crippen molar-refractivity contribution in [3.63, 3.8) is 0 Å². The highest BCUT2D eigenvalue weighted by Gasteiger charge is 2.23. The number of aryl methyl sites for hydroxylation is 2. The van der Waals surface area contributed by atoms with Gasteiger partial charge >= 0.3 is 0 Å². The van der Waals surface area contributed by atoms with E-state index >= 15 is 0 Å². The summed E-state index contributed by atoms with van der Waals surface area (Å²) in [4.78, 5) is 18.4. The lowest BCUT2D eigenvalue weighted by molar-refractivity contribution is 0.0997. The van der Waals surface area contributed by atoms with Crippen LogP contribution in [0.2, 0.25) is 0 Å². The van der Waals surface area contributed by atoms with Crippen LogP contribution in [-0.4, -0.2) is 10.9 Å². The number of carbonyl (C=O) groups is 1. The summed E-state index contributed by atoms with van der Waals surface area (Å²) >= 11 is 5.16. The monoisotopic (exact) mass is 495 g/mol. The van der Waals surface area contributed by atoms with E-state index < -0.39 is 0 Å². The van der Waals surface area contributed by atoms with E-state index in [1.54, 1.807) is 29.7 Å². The van der Waals surface area contributed by atoms with Gasteiger partial charge in [-0.25, -0.2) is 4.98 Å². The van der Waals surface area contributed by atoms with Crippen molar-refractivity contribution in [2.24, 2.45) is 0 Å². The van der Waals surface area contributed by atoms with Crippen molar-refractivity contribution in [2.45, 2.75) is 26.3 Å². The number of amides is 1. The van der Waals surface area contributed by atoms with Crippen molar-refractivity contribution in [3.05, 3.63) is 98.9 Å². The van der Waals surface area contributed by atoms with Crippen molar-refractivity contribution in [2.75, 3.05) is 10.6 Å². The number of halogens is 1. The van der Waals surface area contributed by atoms with Gasteiger partial charge in [0.05, 0.1) is 12.3 Å². The van der Waals surface area contributed by atoms with Crippen LogP contribution in [0, 0.1) is 6.92 Å². The number of hydrogen-bond acceptors (Lipinski definition) is 5. The zero-order valence-corrected chi connectivity index (χ0v) is 19.6. The summed E-state index contributed by atoms with van der Waals surface area (Å²) in [6.07, 6.45) is 4.17. The molecule has 0 aliphatic heterocycles. The van der Waals surface area contributed by atoms with Gasteiger partial charge in [0.2, 0.25) is 0 Å². The SMILES string of the molecule is CCc1cc(C(Nc2cc(C)ccn2)c2cccc(Br)c2)c(NC(=O)c2ccco2)s1. The maximum absolute atomic E-state index is 12.7. The third-order valence-corrected chi connectivity index (χ3v) is 6.54. The number of hydrogen-bond donors (Lipinski definition) is 2. The number of nitrogens with zero attached hydrogens (tertiary/aromatic N) is 1. The molecule has 7 heteroatoms. The van der Waals surface area contributed by atoms with E-state index in [-0.39, 0.29) is 17.7 Å². The fourth-order valence-electron chi connectivity index (χ4n) is 3.31. The van der Waals surface area contributed by atoms with Crippen LogP contribution in [0.15, 0.2) is 75.9 Å². The molecule has 0 fully saturated rings. The van der Waals surface area contributed by atoms with E-state index in [9.17, 15) is 4.79 Å². The number of aromatic nitrogens is 1. The van der Waals surface area contributed by atoms with Crippen LogP contribution in [0.1, 0.15) is 45.1 Å². The third kappa shape index (κ3) is 5.06. The fourth-order valence-corrected chi connectivity index (χ4v) is 4.75. The second kappa shape index (κ2) is 9.49. The quantitative estimate of drug-likeness (QED) is 0.295. The molecule has 3 aromatic heterocycles. The summed E-state index contributed by atoms with van der Waals surface area (Å²) in [5.74, 6) is 0.791. The summed E-state index contributed by atoms with van der Waals surface area (Å²) in [5.41, 5.74) is 3.17. The first-order chi connectivity index (χ1) is 15.0. The van der Waals surface area contributed by atoms with Gasteiger partial charge in [-0.15, -0.1) is 11.3 Å². The molecule has 1 amide bonds. The number of thiophene rings is 1. The van der Waals surface area contributed by atoms with Crippen molar-refractivity contribution >= 4 is 44.0 Å². The highest BCUT2D eigenvalue weighted by molar-refractivity contribution is 9.10. The Morgan fingerprint density at radius 3 is 2.77 bits per heavy atom. The summed E-state index contributed by atoms with van der Waals surface area (Å²) in [6.45, 7) is 4.15. The lowest BCUT2D eigenvalue weighted by atomic mass is 9.99. The summed E-state index contributed by atoms with van der Waals surface area (Å²) in [5, 5.41) is 7.40. The van der Waals surface area contributed by atoms with E-state index in [0.29, 0.717) is 0 Å². The molecule has 0 saturated carbocycles. The average Bonchev–Trinajstić information content (AvgIpc) is 3.42. The highest BCUT2D eigenvalue weighted by Crippen LogP contribution is 2.38. The zero-order chi connectivity index (χ0) is 21.8. The molecule has 0 radical (unpaired) electrons. The van der Waals surface area contributed by atoms with Gasteiger partial charge in [0, 0.05) is 21.1 Å². The Labute approximate surface area is 193 Å². The molecule has 4 rings (SSSR count). The standard InChI is InChI=1S/C24H22BrN3O2S/c1-3-18-14-19(24(31-18)28-23(29)20-8-5-11-30-20)22(16-6-4-7-17(25)13-16)27-21-12-15(2)9-10-26-21/h4-14,22H,3H2,1-2H3,(H,26,27)(H,28,29). The molecule has 2 N–H and O–H groups in total. The molecule has 1 atom stereocenters. The maximum atomic E-state index is 12.7. The van der Waals surface area contributed by atoms with E-state index in [4.69, 9.17) is 4.42 Å². The summed E-state index contributed by atoms with van der Waals surface area (Å²) in [6, 6.07) is 17.4. The molecule has 3 heterocycles. The Bertz CT molecular complexity index is 1190. The lowest BCUT2D eigenvalue weighted by Crippen LogP contribution is -2.17. The molecule has 158 valence electrons. The number of pyridine rings is 1. The topological polar surface area (TPSA) is 67.2 Å². The molecule has 0 spiro atoms. The predicted octanol–water partition coefficient (Wildman–Crippen LogP) is 6.82. The zero-order valence-electron chi connectivity index (χ0n) is 17.2. The van der Waals surface area contributed by atoms with Crippen LogP contribution in [0.5, 0.6) is 0 Å². The van der Waals surface area contributed by atoms with Gasteiger partial charge in [-0.3, -0.25) is 4.79 Å². The fraction of sp³-hybridized carbons (Fsp3) is 0.167. The first-order valence-electron chi connectivity index (χ1n) is 9.95. The van der Waals surface area contributed by atoms with Gasteiger partial charge in [-0.1, -0.05) is 35.0 Å². The normalized spacial score (nSPS) is 11.8. The Kier molecular flexibility index (Phi) is 6.53. The largest absolute Gasteiger partial charge is 0.459 e. The summed E-state index contributed by atoms with van der Waals surface area (Å²) < 4.78 is 6.26. The number of nitrogens with one attached hydrogen (secondary N) is 2. The van der Waals surface area contributed by atoms with Gasteiger partial charge in [-0.2, -0.15) is 0 Å². The molecule has 0 saturated heterocycles. The van der Waals surface area contributed by atoms with Gasteiger partial charge in [0.25, 0.3) is 5.91 Å². The number of rotatable bonds is 7. The third-order valence-electron chi connectivity index (χ3n) is 4.83. The maximum Gasteiger partial charge on any atom is 0.291 e. The van der Waals surface area contributed by atoms with Crippen LogP contribution < -0.4 is 10.6 Å². The Hall–Kier alpha value is -2.90. The number of anilines is 2.